The molecule has 2 aromatic carbocycles. The molecule has 3 aromatic rings. The fraction of sp³-hybridized carbons (Fsp3) is 0. The maximum atomic E-state index is 13.8. The minimum Gasteiger partial charge on any atom is -0.221 e. The van der Waals surface area contributed by atoms with Gasteiger partial charge >= 0.3 is 0 Å². The van der Waals surface area contributed by atoms with E-state index >= 15 is 0 Å². The van der Waals surface area contributed by atoms with Crippen molar-refractivity contribution in [3.63, 3.8) is 0 Å². The first-order valence-corrected chi connectivity index (χ1v) is 7.11. The molecule has 0 aliphatic rings. The van der Waals surface area contributed by atoms with Crippen molar-refractivity contribution in [1.82, 2.24) is 9.97 Å². The molecule has 94 valence electrons. The summed E-state index contributed by atoms with van der Waals surface area (Å²) >= 11 is 6.67. The topological polar surface area (TPSA) is 25.8 Å². The van der Waals surface area contributed by atoms with Crippen molar-refractivity contribution in [2.75, 3.05) is 0 Å². The van der Waals surface area contributed by atoms with E-state index in [1.165, 1.54) is 6.07 Å². The maximum absolute atomic E-state index is 13.8. The minimum absolute atomic E-state index is 0.242. The molecule has 1 heterocycles. The van der Waals surface area contributed by atoms with Crippen molar-refractivity contribution >= 4 is 42.6 Å². The number of hydrogen-bond acceptors (Lipinski definition) is 2. The van der Waals surface area contributed by atoms with Gasteiger partial charge in [-0.2, -0.15) is 0 Å². The number of halogens is 3. The average Bonchev–Trinajstić information content (AvgIpc) is 2.38. The Kier molecular flexibility index (Phi) is 3.33. The van der Waals surface area contributed by atoms with E-state index in [0.29, 0.717) is 20.4 Å². The van der Waals surface area contributed by atoms with Gasteiger partial charge in [-0.05, 0) is 49.4 Å². The third kappa shape index (κ3) is 2.40. The zero-order valence-corrected chi connectivity index (χ0v) is 12.7. The Balaban J connectivity index is 2.34. The van der Waals surface area contributed by atoms with Crippen LogP contribution in [0.25, 0.3) is 22.2 Å². The van der Waals surface area contributed by atoms with Gasteiger partial charge in [-0.15, -0.1) is 0 Å². The summed E-state index contributed by atoms with van der Waals surface area (Å²) in [4.78, 5) is 8.67. The summed E-state index contributed by atoms with van der Waals surface area (Å²) in [6.07, 6.45) is 0. The third-order valence-corrected chi connectivity index (χ3v) is 3.59. The molecule has 2 nitrogen and oxygen atoms in total. The predicted molar refractivity (Wildman–Crippen MR) is 80.3 cm³/mol. The molecule has 0 saturated carbocycles. The van der Waals surface area contributed by atoms with E-state index in [1.54, 1.807) is 18.2 Å². The molecule has 0 aliphatic carbocycles. The Hall–Kier alpha value is -1.33. The summed E-state index contributed by atoms with van der Waals surface area (Å²) in [6.45, 7) is 0. The molecule has 0 fully saturated rings. The van der Waals surface area contributed by atoms with E-state index in [4.69, 9.17) is 0 Å². The van der Waals surface area contributed by atoms with Gasteiger partial charge in [0.05, 0.1) is 0 Å². The number of rotatable bonds is 1. The van der Waals surface area contributed by atoms with Gasteiger partial charge in [-0.25, -0.2) is 14.4 Å². The van der Waals surface area contributed by atoms with Gasteiger partial charge in [0.15, 0.2) is 5.82 Å². The zero-order chi connectivity index (χ0) is 13.4. The fourth-order valence-corrected chi connectivity index (χ4v) is 3.04. The second-order valence-corrected chi connectivity index (χ2v) is 5.60. The number of hydrogen-bond donors (Lipinski definition) is 0. The average molecular weight is 382 g/mol. The molecule has 0 N–H and O–H groups in total. The molecule has 0 saturated heterocycles. The highest BCUT2D eigenvalue weighted by Gasteiger charge is 2.10. The first kappa shape index (κ1) is 12.7. The Morgan fingerprint density at radius 3 is 2.16 bits per heavy atom. The number of aromatic nitrogens is 2. The van der Waals surface area contributed by atoms with Crippen LogP contribution in [-0.4, -0.2) is 9.97 Å². The minimum atomic E-state index is -0.242. The molecule has 0 radical (unpaired) electrons. The Labute approximate surface area is 126 Å². The SMILES string of the molecule is Fc1ccc(-c2nc(Br)cc(Br)n2)c2ccccc12. The van der Waals surface area contributed by atoms with Crippen molar-refractivity contribution in [3.8, 4) is 11.4 Å². The van der Waals surface area contributed by atoms with Gasteiger partial charge in [0.25, 0.3) is 0 Å². The lowest BCUT2D eigenvalue weighted by molar-refractivity contribution is 0.640. The van der Waals surface area contributed by atoms with Crippen LogP contribution < -0.4 is 0 Å². The van der Waals surface area contributed by atoms with Gasteiger partial charge in [0.2, 0.25) is 0 Å². The molecular formula is C14H7Br2FN2. The Morgan fingerprint density at radius 1 is 0.842 bits per heavy atom. The molecular weight excluding hydrogens is 375 g/mol. The molecule has 3 rings (SSSR count). The molecule has 5 heteroatoms. The quantitative estimate of drug-likeness (QED) is 0.556. The molecule has 0 atom stereocenters. The van der Waals surface area contributed by atoms with Gasteiger partial charge in [-0.3, -0.25) is 0 Å². The summed E-state index contributed by atoms with van der Waals surface area (Å²) < 4.78 is 15.1. The predicted octanol–water partition coefficient (Wildman–Crippen LogP) is 4.96. The van der Waals surface area contributed by atoms with E-state index in [1.807, 2.05) is 18.2 Å². The molecule has 1 aromatic heterocycles. The van der Waals surface area contributed by atoms with E-state index in [0.717, 1.165) is 10.9 Å². The molecule has 0 spiro atoms. The first-order chi connectivity index (χ1) is 9.15. The number of benzene rings is 2. The highest BCUT2D eigenvalue weighted by Crippen LogP contribution is 2.29. The zero-order valence-electron chi connectivity index (χ0n) is 9.57. The van der Waals surface area contributed by atoms with Crippen LogP contribution in [0.5, 0.6) is 0 Å². The maximum Gasteiger partial charge on any atom is 0.162 e. The summed E-state index contributed by atoms with van der Waals surface area (Å²) in [5, 5.41) is 1.37. The second-order valence-electron chi connectivity index (χ2n) is 3.98. The summed E-state index contributed by atoms with van der Waals surface area (Å²) in [5.41, 5.74) is 0.805. The van der Waals surface area contributed by atoms with Crippen LogP contribution in [0.15, 0.2) is 51.7 Å². The lowest BCUT2D eigenvalue weighted by Crippen LogP contribution is -1.92. The van der Waals surface area contributed by atoms with E-state index in [-0.39, 0.29) is 5.82 Å². The van der Waals surface area contributed by atoms with Crippen LogP contribution in [0.2, 0.25) is 0 Å². The lowest BCUT2D eigenvalue weighted by atomic mass is 10.0. The summed E-state index contributed by atoms with van der Waals surface area (Å²) in [5.74, 6) is 0.311. The standard InChI is InChI=1S/C14H7Br2FN2/c15-12-7-13(16)19-14(18-12)10-5-6-11(17)9-4-2-1-3-8(9)10/h1-7H. The smallest absolute Gasteiger partial charge is 0.162 e. The summed E-state index contributed by atoms with van der Waals surface area (Å²) in [7, 11) is 0. The molecule has 19 heavy (non-hydrogen) atoms. The number of nitrogens with zero attached hydrogens (tertiary/aromatic N) is 2. The third-order valence-electron chi connectivity index (χ3n) is 2.78. The van der Waals surface area contributed by atoms with E-state index in [2.05, 4.69) is 41.8 Å². The van der Waals surface area contributed by atoms with Crippen molar-refractivity contribution in [2.45, 2.75) is 0 Å². The summed E-state index contributed by atoms with van der Waals surface area (Å²) in [6, 6.07) is 12.2. The van der Waals surface area contributed by atoms with Gasteiger partial charge in [-0.1, -0.05) is 24.3 Å². The van der Waals surface area contributed by atoms with Gasteiger partial charge < -0.3 is 0 Å². The monoisotopic (exact) mass is 380 g/mol. The van der Waals surface area contributed by atoms with Crippen LogP contribution >= 0.6 is 31.9 Å². The van der Waals surface area contributed by atoms with Crippen LogP contribution in [0.3, 0.4) is 0 Å². The molecule has 0 bridgehead atoms. The van der Waals surface area contributed by atoms with Crippen molar-refractivity contribution in [1.29, 1.82) is 0 Å². The van der Waals surface area contributed by atoms with Crippen molar-refractivity contribution in [2.24, 2.45) is 0 Å². The highest BCUT2D eigenvalue weighted by atomic mass is 79.9. The van der Waals surface area contributed by atoms with Crippen LogP contribution in [0.1, 0.15) is 0 Å². The van der Waals surface area contributed by atoms with Crippen LogP contribution in [0.4, 0.5) is 4.39 Å². The van der Waals surface area contributed by atoms with Crippen molar-refractivity contribution in [3.05, 3.63) is 57.5 Å². The second kappa shape index (κ2) is 4.98. The molecule has 0 unspecified atom stereocenters. The van der Waals surface area contributed by atoms with E-state index < -0.39 is 0 Å². The molecule has 0 amide bonds. The Morgan fingerprint density at radius 2 is 1.47 bits per heavy atom. The Bertz CT molecular complexity index is 754. The van der Waals surface area contributed by atoms with Gasteiger partial charge in [0, 0.05) is 17.0 Å². The van der Waals surface area contributed by atoms with E-state index in [9.17, 15) is 4.39 Å². The van der Waals surface area contributed by atoms with Gasteiger partial charge in [0.1, 0.15) is 15.0 Å². The number of fused-ring (bicyclic) bond motifs is 1. The van der Waals surface area contributed by atoms with Crippen LogP contribution in [0, 0.1) is 5.82 Å². The van der Waals surface area contributed by atoms with Crippen LogP contribution in [-0.2, 0) is 0 Å². The van der Waals surface area contributed by atoms with Crippen molar-refractivity contribution < 1.29 is 4.39 Å². The normalized spacial score (nSPS) is 10.9. The fourth-order valence-electron chi connectivity index (χ4n) is 1.97. The lowest BCUT2D eigenvalue weighted by Gasteiger charge is -2.07. The largest absolute Gasteiger partial charge is 0.221 e. The molecule has 0 aliphatic heterocycles. The first-order valence-electron chi connectivity index (χ1n) is 5.53. The highest BCUT2D eigenvalue weighted by molar-refractivity contribution is 9.11.